The average Bonchev–Trinajstić information content (AvgIpc) is 3.44. The van der Waals surface area contributed by atoms with Crippen LogP contribution in [0.25, 0.3) is 16.9 Å². The third-order valence-corrected chi connectivity index (χ3v) is 5.60. The normalized spacial score (nSPS) is 11.3. The van der Waals surface area contributed by atoms with Crippen LogP contribution >= 0.6 is 11.6 Å². The Bertz CT molecular complexity index is 1510. The Morgan fingerprint density at radius 2 is 1.72 bits per heavy atom. The van der Waals surface area contributed by atoms with E-state index in [9.17, 15) is 9.59 Å². The molecule has 3 aromatic heterocycles. The summed E-state index contributed by atoms with van der Waals surface area (Å²) in [6.07, 6.45) is 3.10. The molecule has 7 nitrogen and oxygen atoms in total. The van der Waals surface area contributed by atoms with Crippen molar-refractivity contribution in [1.29, 1.82) is 0 Å². The van der Waals surface area contributed by atoms with Crippen molar-refractivity contribution in [3.05, 3.63) is 116 Å². The predicted octanol–water partition coefficient (Wildman–Crippen LogP) is 4.00. The van der Waals surface area contributed by atoms with E-state index in [4.69, 9.17) is 16.0 Å². The molecule has 0 N–H and O–H groups in total. The Labute approximate surface area is 187 Å². The topological polar surface area (TPSA) is 75.0 Å². The molecule has 0 atom stereocenters. The number of fused-ring (bicyclic) bond motifs is 1. The first-order valence-corrected chi connectivity index (χ1v) is 10.4. The molecule has 0 aliphatic heterocycles. The van der Waals surface area contributed by atoms with Crippen molar-refractivity contribution in [3.63, 3.8) is 0 Å². The largest absolute Gasteiger partial charge is 0.467 e. The van der Waals surface area contributed by atoms with Gasteiger partial charge in [-0.05, 0) is 48.9 Å². The van der Waals surface area contributed by atoms with Gasteiger partial charge < -0.3 is 8.98 Å². The van der Waals surface area contributed by atoms with Crippen molar-refractivity contribution in [2.24, 2.45) is 0 Å². The lowest BCUT2D eigenvalue weighted by molar-refractivity contribution is 0.482. The summed E-state index contributed by atoms with van der Waals surface area (Å²) in [6.45, 7) is 2.49. The highest BCUT2D eigenvalue weighted by molar-refractivity contribution is 6.30. The van der Waals surface area contributed by atoms with Crippen molar-refractivity contribution in [1.82, 2.24) is 18.7 Å². The molecule has 0 bridgehead atoms. The Morgan fingerprint density at radius 1 is 0.969 bits per heavy atom. The van der Waals surface area contributed by atoms with E-state index < -0.39 is 11.2 Å². The van der Waals surface area contributed by atoms with Crippen LogP contribution in [0.5, 0.6) is 0 Å². The maximum atomic E-state index is 13.5. The highest BCUT2D eigenvalue weighted by Crippen LogP contribution is 2.17. The summed E-state index contributed by atoms with van der Waals surface area (Å²) >= 11 is 6.04. The maximum absolute atomic E-state index is 13.5. The molecule has 0 unspecified atom stereocenters. The van der Waals surface area contributed by atoms with Crippen LogP contribution in [0.4, 0.5) is 0 Å². The molecule has 0 amide bonds. The van der Waals surface area contributed by atoms with E-state index in [0.29, 0.717) is 34.2 Å². The summed E-state index contributed by atoms with van der Waals surface area (Å²) in [5.74, 6) is 0.510. The van der Waals surface area contributed by atoms with Gasteiger partial charge in [0.25, 0.3) is 5.56 Å². The van der Waals surface area contributed by atoms with Gasteiger partial charge in [-0.3, -0.25) is 9.36 Å². The lowest BCUT2D eigenvalue weighted by atomic mass is 10.1. The molecular weight excluding hydrogens is 428 g/mol. The second kappa shape index (κ2) is 8.01. The van der Waals surface area contributed by atoms with Crippen LogP contribution in [0.2, 0.25) is 5.02 Å². The number of furan rings is 1. The molecule has 0 spiro atoms. The second-order valence-electron chi connectivity index (χ2n) is 7.60. The molecule has 32 heavy (non-hydrogen) atoms. The number of nitrogens with zero attached hydrogens (tertiary/aromatic N) is 4. The Balaban J connectivity index is 1.75. The van der Waals surface area contributed by atoms with E-state index in [1.54, 1.807) is 47.3 Å². The summed E-state index contributed by atoms with van der Waals surface area (Å²) in [5, 5.41) is 0.548. The molecule has 2 aromatic carbocycles. The molecule has 8 heteroatoms. The van der Waals surface area contributed by atoms with Gasteiger partial charge in [0.05, 0.1) is 24.8 Å². The number of benzene rings is 2. The summed E-state index contributed by atoms with van der Waals surface area (Å²) in [5.41, 5.74) is 2.46. The van der Waals surface area contributed by atoms with Crippen LogP contribution in [0.15, 0.2) is 87.3 Å². The number of hydrogen-bond donors (Lipinski definition) is 0. The monoisotopic (exact) mass is 446 g/mol. The molecule has 0 saturated heterocycles. The molecule has 0 radical (unpaired) electrons. The Morgan fingerprint density at radius 3 is 2.41 bits per heavy atom. The molecule has 5 aromatic rings. The van der Waals surface area contributed by atoms with E-state index >= 15 is 0 Å². The van der Waals surface area contributed by atoms with E-state index in [2.05, 4.69) is 4.98 Å². The Hall–Kier alpha value is -3.84. The fourth-order valence-corrected chi connectivity index (χ4v) is 3.84. The second-order valence-corrected chi connectivity index (χ2v) is 8.03. The van der Waals surface area contributed by atoms with Crippen LogP contribution in [-0.2, 0) is 13.1 Å². The molecule has 0 saturated carbocycles. The zero-order chi connectivity index (χ0) is 22.2. The fourth-order valence-electron chi connectivity index (χ4n) is 3.71. The number of halogens is 1. The van der Waals surface area contributed by atoms with Crippen molar-refractivity contribution in [2.45, 2.75) is 20.0 Å². The molecule has 0 aliphatic carbocycles. The van der Waals surface area contributed by atoms with Crippen LogP contribution in [0, 0.1) is 6.92 Å². The minimum Gasteiger partial charge on any atom is -0.467 e. The van der Waals surface area contributed by atoms with Crippen molar-refractivity contribution < 1.29 is 4.42 Å². The van der Waals surface area contributed by atoms with Gasteiger partial charge in [0, 0.05) is 11.6 Å². The van der Waals surface area contributed by atoms with Gasteiger partial charge in [-0.15, -0.1) is 0 Å². The summed E-state index contributed by atoms with van der Waals surface area (Å²) < 4.78 is 9.76. The van der Waals surface area contributed by atoms with Gasteiger partial charge in [0.1, 0.15) is 5.76 Å². The van der Waals surface area contributed by atoms with Gasteiger partial charge in [-0.1, -0.05) is 41.4 Å². The third kappa shape index (κ3) is 3.56. The molecule has 0 aliphatic rings. The van der Waals surface area contributed by atoms with Gasteiger partial charge in [-0.25, -0.2) is 14.3 Å². The SMILES string of the molecule is Cc1ccc(Cn2cnc3c2c(=O)n(Cc2ccco2)c(=O)n3-c2ccc(Cl)cc2)cc1. The quantitative estimate of drug-likeness (QED) is 0.409. The average molecular weight is 447 g/mol. The summed E-state index contributed by atoms with van der Waals surface area (Å²) in [6, 6.07) is 18.4. The predicted molar refractivity (Wildman–Crippen MR) is 123 cm³/mol. The number of aromatic nitrogens is 4. The van der Waals surface area contributed by atoms with E-state index in [1.165, 1.54) is 15.4 Å². The highest BCUT2D eigenvalue weighted by Gasteiger charge is 2.20. The van der Waals surface area contributed by atoms with Crippen molar-refractivity contribution in [2.75, 3.05) is 0 Å². The highest BCUT2D eigenvalue weighted by atomic mass is 35.5. The lowest BCUT2D eigenvalue weighted by Gasteiger charge is -2.12. The smallest absolute Gasteiger partial charge is 0.337 e. The molecule has 5 rings (SSSR count). The number of rotatable bonds is 5. The third-order valence-electron chi connectivity index (χ3n) is 5.35. The fraction of sp³-hybridized carbons (Fsp3) is 0.125. The number of imidazole rings is 1. The van der Waals surface area contributed by atoms with Gasteiger partial charge in [-0.2, -0.15) is 0 Å². The standard InChI is InChI=1S/C24H19ClN4O3/c1-16-4-6-17(7-5-16)13-27-15-26-22-21(27)23(30)28(14-20-3-2-12-32-20)24(31)29(22)19-10-8-18(25)9-11-19/h2-12,15H,13-14H2,1H3. The van der Waals surface area contributed by atoms with E-state index in [-0.39, 0.29) is 6.54 Å². The van der Waals surface area contributed by atoms with Crippen LogP contribution < -0.4 is 11.2 Å². The first-order valence-electron chi connectivity index (χ1n) is 10.1. The maximum Gasteiger partial charge on any atom is 0.337 e. The van der Waals surface area contributed by atoms with E-state index in [0.717, 1.165) is 11.1 Å². The van der Waals surface area contributed by atoms with Gasteiger partial charge in [0.2, 0.25) is 0 Å². The Kier molecular flexibility index (Phi) is 5.03. The van der Waals surface area contributed by atoms with Crippen LogP contribution in [0.3, 0.4) is 0 Å². The minimum atomic E-state index is -0.498. The first kappa shape index (κ1) is 20.1. The van der Waals surface area contributed by atoms with Gasteiger partial charge >= 0.3 is 5.69 Å². The first-order chi connectivity index (χ1) is 15.5. The number of hydrogen-bond acceptors (Lipinski definition) is 4. The minimum absolute atomic E-state index is 0.0178. The summed E-state index contributed by atoms with van der Waals surface area (Å²) in [4.78, 5) is 31.3. The summed E-state index contributed by atoms with van der Waals surface area (Å²) in [7, 11) is 0. The van der Waals surface area contributed by atoms with Crippen LogP contribution in [-0.4, -0.2) is 18.7 Å². The zero-order valence-electron chi connectivity index (χ0n) is 17.2. The lowest BCUT2D eigenvalue weighted by Crippen LogP contribution is -2.40. The van der Waals surface area contributed by atoms with E-state index in [1.807, 2.05) is 31.2 Å². The van der Waals surface area contributed by atoms with Crippen LogP contribution in [0.1, 0.15) is 16.9 Å². The van der Waals surface area contributed by atoms with Crippen molar-refractivity contribution >= 4 is 22.8 Å². The van der Waals surface area contributed by atoms with Crippen molar-refractivity contribution in [3.8, 4) is 5.69 Å². The van der Waals surface area contributed by atoms with Gasteiger partial charge in [0.15, 0.2) is 11.2 Å². The molecule has 0 fully saturated rings. The zero-order valence-corrected chi connectivity index (χ0v) is 18.0. The molecular formula is C24H19ClN4O3. The number of aryl methyl sites for hydroxylation is 1. The molecule has 3 heterocycles. The molecule has 160 valence electrons.